The summed E-state index contributed by atoms with van der Waals surface area (Å²) in [5, 5.41) is 9.75. The van der Waals surface area contributed by atoms with Crippen LogP contribution >= 0.6 is 0 Å². The molecule has 2 aromatic carbocycles. The number of likely N-dealkylation sites (N-methyl/N-ethyl adjacent to an activating group) is 1. The van der Waals surface area contributed by atoms with Crippen molar-refractivity contribution in [2.24, 2.45) is 0 Å². The lowest BCUT2D eigenvalue weighted by Crippen LogP contribution is -2.45. The fourth-order valence-electron chi connectivity index (χ4n) is 3.82. The van der Waals surface area contributed by atoms with Gasteiger partial charge in [0.05, 0.1) is 6.04 Å². The van der Waals surface area contributed by atoms with Crippen LogP contribution in [-0.4, -0.2) is 52.1 Å². The molecule has 6 nitrogen and oxygen atoms in total. The topological polar surface area (TPSA) is 70.1 Å². The first kappa shape index (κ1) is 20.6. The molecular weight excluding hydrogens is 368 g/mol. The van der Waals surface area contributed by atoms with Gasteiger partial charge >= 0.3 is 12.1 Å². The summed E-state index contributed by atoms with van der Waals surface area (Å²) >= 11 is 0. The van der Waals surface area contributed by atoms with Gasteiger partial charge in [-0.3, -0.25) is 9.69 Å². The SMILES string of the molecule is C=CC1C(N(C)C(=O)OCc2ccccc2)CC(C(=O)O)N1Cc1ccccc1. The van der Waals surface area contributed by atoms with E-state index in [4.69, 9.17) is 4.74 Å². The lowest BCUT2D eigenvalue weighted by atomic mass is 10.1. The van der Waals surface area contributed by atoms with Gasteiger partial charge in [0.15, 0.2) is 0 Å². The Morgan fingerprint density at radius 2 is 1.72 bits per heavy atom. The molecule has 1 N–H and O–H groups in total. The number of nitrogens with zero attached hydrogens (tertiary/aromatic N) is 2. The summed E-state index contributed by atoms with van der Waals surface area (Å²) in [5.74, 6) is -0.902. The summed E-state index contributed by atoms with van der Waals surface area (Å²) in [4.78, 5) is 27.9. The molecule has 29 heavy (non-hydrogen) atoms. The van der Waals surface area contributed by atoms with Crippen molar-refractivity contribution in [2.45, 2.75) is 37.7 Å². The molecule has 3 atom stereocenters. The lowest BCUT2D eigenvalue weighted by molar-refractivity contribution is -0.142. The van der Waals surface area contributed by atoms with E-state index in [0.717, 1.165) is 11.1 Å². The molecular formula is C23H26N2O4. The number of hydrogen-bond acceptors (Lipinski definition) is 4. The minimum atomic E-state index is -0.902. The second-order valence-electron chi connectivity index (χ2n) is 7.19. The van der Waals surface area contributed by atoms with Gasteiger partial charge in [0.2, 0.25) is 0 Å². The van der Waals surface area contributed by atoms with Crippen LogP contribution < -0.4 is 0 Å². The van der Waals surface area contributed by atoms with Crippen LogP contribution in [0.1, 0.15) is 17.5 Å². The van der Waals surface area contributed by atoms with Gasteiger partial charge in [-0.15, -0.1) is 6.58 Å². The first-order valence-corrected chi connectivity index (χ1v) is 9.59. The van der Waals surface area contributed by atoms with Gasteiger partial charge in [0.25, 0.3) is 0 Å². The average molecular weight is 394 g/mol. The normalized spacial score (nSPS) is 21.5. The third-order valence-electron chi connectivity index (χ3n) is 5.37. The van der Waals surface area contributed by atoms with Crippen molar-refractivity contribution >= 4 is 12.1 Å². The van der Waals surface area contributed by atoms with E-state index in [9.17, 15) is 14.7 Å². The number of carboxylic acid groups (broad SMARTS) is 1. The van der Waals surface area contributed by atoms with E-state index < -0.39 is 18.1 Å². The minimum Gasteiger partial charge on any atom is -0.480 e. The number of hydrogen-bond donors (Lipinski definition) is 1. The predicted molar refractivity (Wildman–Crippen MR) is 110 cm³/mol. The molecule has 0 spiro atoms. The number of carbonyl (C=O) groups is 2. The summed E-state index contributed by atoms with van der Waals surface area (Å²) in [6.07, 6.45) is 1.56. The number of aliphatic carboxylic acids is 1. The Balaban J connectivity index is 1.72. The summed E-state index contributed by atoms with van der Waals surface area (Å²) in [6.45, 7) is 4.54. The van der Waals surface area contributed by atoms with Crippen LogP contribution in [0.3, 0.4) is 0 Å². The predicted octanol–water partition coefficient (Wildman–Crippen LogP) is 3.54. The Bertz CT molecular complexity index is 840. The Morgan fingerprint density at radius 3 is 2.28 bits per heavy atom. The number of carbonyl (C=O) groups excluding carboxylic acids is 1. The van der Waals surface area contributed by atoms with Crippen LogP contribution in [0, 0.1) is 0 Å². The molecule has 3 unspecified atom stereocenters. The van der Waals surface area contributed by atoms with Gasteiger partial charge in [-0.05, 0) is 17.5 Å². The van der Waals surface area contributed by atoms with Crippen molar-refractivity contribution in [3.63, 3.8) is 0 Å². The molecule has 3 rings (SSSR count). The van der Waals surface area contributed by atoms with E-state index in [-0.39, 0.29) is 18.7 Å². The molecule has 152 valence electrons. The van der Waals surface area contributed by atoms with Gasteiger partial charge in [0.1, 0.15) is 12.6 Å². The lowest BCUT2D eigenvalue weighted by Gasteiger charge is -2.31. The van der Waals surface area contributed by atoms with Crippen LogP contribution in [-0.2, 0) is 22.7 Å². The molecule has 6 heteroatoms. The van der Waals surface area contributed by atoms with Crippen molar-refractivity contribution in [3.05, 3.63) is 84.4 Å². The second kappa shape index (κ2) is 9.39. The smallest absolute Gasteiger partial charge is 0.410 e. The summed E-state index contributed by atoms with van der Waals surface area (Å²) in [5.41, 5.74) is 1.91. The maximum Gasteiger partial charge on any atom is 0.410 e. The van der Waals surface area contributed by atoms with Crippen LogP contribution in [0.5, 0.6) is 0 Å². The monoisotopic (exact) mass is 394 g/mol. The molecule has 0 bridgehead atoms. The first-order valence-electron chi connectivity index (χ1n) is 9.59. The molecule has 1 amide bonds. The van der Waals surface area contributed by atoms with Crippen molar-refractivity contribution in [3.8, 4) is 0 Å². The van der Waals surface area contributed by atoms with Crippen LogP contribution in [0.2, 0.25) is 0 Å². The number of carboxylic acids is 1. The number of likely N-dealkylation sites (tertiary alicyclic amines) is 1. The minimum absolute atomic E-state index is 0.172. The van der Waals surface area contributed by atoms with E-state index in [1.165, 1.54) is 4.90 Å². The summed E-state index contributed by atoms with van der Waals surface area (Å²) in [6, 6.07) is 17.8. The molecule has 0 aliphatic carbocycles. The maximum atomic E-state index is 12.6. The van der Waals surface area contributed by atoms with E-state index in [0.29, 0.717) is 13.0 Å². The fraction of sp³-hybridized carbons (Fsp3) is 0.304. The molecule has 1 heterocycles. The third-order valence-corrected chi connectivity index (χ3v) is 5.37. The molecule has 2 aromatic rings. The Labute approximate surface area is 171 Å². The van der Waals surface area contributed by atoms with E-state index in [2.05, 4.69) is 6.58 Å². The van der Waals surface area contributed by atoms with Gasteiger partial charge in [-0.2, -0.15) is 0 Å². The van der Waals surface area contributed by atoms with Gasteiger partial charge in [-0.25, -0.2) is 4.79 Å². The molecule has 0 saturated carbocycles. The molecule has 1 aliphatic heterocycles. The molecule has 1 fully saturated rings. The highest BCUT2D eigenvalue weighted by atomic mass is 16.6. The van der Waals surface area contributed by atoms with Crippen molar-refractivity contribution in [1.82, 2.24) is 9.80 Å². The highest BCUT2D eigenvalue weighted by Gasteiger charge is 2.46. The number of amides is 1. The second-order valence-corrected chi connectivity index (χ2v) is 7.19. The zero-order valence-corrected chi connectivity index (χ0v) is 16.5. The van der Waals surface area contributed by atoms with Crippen LogP contribution in [0.25, 0.3) is 0 Å². The van der Waals surface area contributed by atoms with Crippen molar-refractivity contribution < 1.29 is 19.4 Å². The third kappa shape index (κ3) is 4.84. The first-order chi connectivity index (χ1) is 14.0. The fourth-order valence-corrected chi connectivity index (χ4v) is 3.82. The van der Waals surface area contributed by atoms with E-state index in [1.807, 2.05) is 65.6 Å². The zero-order chi connectivity index (χ0) is 20.8. The Morgan fingerprint density at radius 1 is 1.14 bits per heavy atom. The van der Waals surface area contributed by atoms with E-state index in [1.54, 1.807) is 13.1 Å². The molecule has 1 saturated heterocycles. The van der Waals surface area contributed by atoms with E-state index >= 15 is 0 Å². The zero-order valence-electron chi connectivity index (χ0n) is 16.5. The molecule has 0 aromatic heterocycles. The summed E-state index contributed by atoms with van der Waals surface area (Å²) < 4.78 is 5.43. The number of ether oxygens (including phenoxy) is 1. The molecule has 1 aliphatic rings. The highest BCUT2D eigenvalue weighted by Crippen LogP contribution is 2.31. The van der Waals surface area contributed by atoms with Crippen LogP contribution in [0.15, 0.2) is 73.3 Å². The standard InChI is InChI=1S/C23H26N2O4/c1-3-19-20(24(2)23(28)29-16-18-12-8-5-9-13-18)14-21(22(26)27)25(19)15-17-10-6-4-7-11-17/h3-13,19-21H,1,14-16H2,2H3,(H,26,27). The number of benzene rings is 2. The molecule has 0 radical (unpaired) electrons. The van der Waals surface area contributed by atoms with Gasteiger partial charge < -0.3 is 14.7 Å². The number of rotatable bonds is 7. The van der Waals surface area contributed by atoms with Crippen LogP contribution in [0.4, 0.5) is 4.79 Å². The van der Waals surface area contributed by atoms with Gasteiger partial charge in [0, 0.05) is 19.6 Å². The van der Waals surface area contributed by atoms with Crippen molar-refractivity contribution in [2.75, 3.05) is 7.05 Å². The largest absolute Gasteiger partial charge is 0.480 e. The van der Waals surface area contributed by atoms with Gasteiger partial charge in [-0.1, -0.05) is 66.7 Å². The summed E-state index contributed by atoms with van der Waals surface area (Å²) in [7, 11) is 1.65. The highest BCUT2D eigenvalue weighted by molar-refractivity contribution is 5.75. The van der Waals surface area contributed by atoms with Crippen molar-refractivity contribution in [1.29, 1.82) is 0 Å². The average Bonchev–Trinajstić information content (AvgIpc) is 3.11. The Kier molecular flexibility index (Phi) is 6.67. The Hall–Kier alpha value is -3.12. The quantitative estimate of drug-likeness (QED) is 0.728. The maximum absolute atomic E-state index is 12.6.